The highest BCUT2D eigenvalue weighted by atomic mass is 16.4. The first-order chi connectivity index (χ1) is 5.24. The summed E-state index contributed by atoms with van der Waals surface area (Å²) in [6.07, 6.45) is 4.68. The molecule has 1 aliphatic rings. The third kappa shape index (κ3) is 1.81. The van der Waals surface area contributed by atoms with E-state index in [9.17, 15) is 4.79 Å². The predicted octanol–water partition coefficient (Wildman–Crippen LogP) is -0.340. The summed E-state index contributed by atoms with van der Waals surface area (Å²) in [6, 6.07) is 0. The van der Waals surface area contributed by atoms with Gasteiger partial charge in [-0.15, -0.1) is 0 Å². The van der Waals surface area contributed by atoms with Crippen LogP contribution in [-0.4, -0.2) is 24.3 Å². The fourth-order valence-corrected chi connectivity index (χ4v) is 0.834. The van der Waals surface area contributed by atoms with Crippen molar-refractivity contribution in [1.29, 1.82) is 0 Å². The van der Waals surface area contributed by atoms with Crippen LogP contribution in [0.25, 0.3) is 0 Å². The molecule has 0 radical (unpaired) electrons. The van der Waals surface area contributed by atoms with E-state index in [1.54, 1.807) is 19.3 Å². The Balaban J connectivity index is 2.71. The number of hydrogen-bond acceptors (Lipinski definition) is 3. The van der Waals surface area contributed by atoms with Gasteiger partial charge in [0.05, 0.1) is 11.7 Å². The van der Waals surface area contributed by atoms with Gasteiger partial charge in [-0.2, -0.15) is 0 Å². The quantitative estimate of drug-likeness (QED) is 0.509. The molecule has 60 valence electrons. The summed E-state index contributed by atoms with van der Waals surface area (Å²) in [7, 11) is 1.76. The fraction of sp³-hybridized carbons (Fsp3) is 0.286. The zero-order valence-electron chi connectivity index (χ0n) is 6.16. The Bertz CT molecular complexity index is 220. The van der Waals surface area contributed by atoms with Gasteiger partial charge in [-0.3, -0.25) is 5.32 Å². The van der Waals surface area contributed by atoms with Crippen molar-refractivity contribution in [3.63, 3.8) is 0 Å². The van der Waals surface area contributed by atoms with E-state index in [1.807, 2.05) is 0 Å². The lowest BCUT2D eigenvalue weighted by atomic mass is 10.2. The largest absolute Gasteiger partial charge is 0.478 e. The smallest absolute Gasteiger partial charge is 0.335 e. The fourth-order valence-electron chi connectivity index (χ4n) is 0.834. The Morgan fingerprint density at radius 1 is 1.82 bits per heavy atom. The van der Waals surface area contributed by atoms with E-state index in [0.717, 1.165) is 0 Å². The average molecular weight is 154 g/mol. The van der Waals surface area contributed by atoms with Crippen LogP contribution in [0.15, 0.2) is 23.9 Å². The van der Waals surface area contributed by atoms with Gasteiger partial charge in [0.2, 0.25) is 0 Å². The second-order valence-corrected chi connectivity index (χ2v) is 2.19. The van der Waals surface area contributed by atoms with Crippen molar-refractivity contribution in [2.75, 3.05) is 7.05 Å². The van der Waals surface area contributed by atoms with Gasteiger partial charge in [-0.25, -0.2) is 4.79 Å². The van der Waals surface area contributed by atoms with E-state index in [1.165, 1.54) is 6.08 Å². The van der Waals surface area contributed by atoms with E-state index in [4.69, 9.17) is 5.11 Å². The standard InChI is InChI=1S/C7H10N2O2/c1-8-6-4-5(7(10)11)2-3-9-6/h2-4,6,8-9H,1H3,(H,10,11). The maximum absolute atomic E-state index is 10.4. The minimum Gasteiger partial charge on any atom is -0.478 e. The first kappa shape index (κ1) is 7.81. The molecular formula is C7H10N2O2. The second-order valence-electron chi connectivity index (χ2n) is 2.19. The minimum atomic E-state index is -0.900. The third-order valence-electron chi connectivity index (χ3n) is 1.44. The van der Waals surface area contributed by atoms with Gasteiger partial charge in [-0.1, -0.05) is 0 Å². The predicted molar refractivity (Wildman–Crippen MR) is 40.8 cm³/mol. The molecule has 0 aliphatic carbocycles. The molecule has 1 heterocycles. The first-order valence-corrected chi connectivity index (χ1v) is 3.29. The van der Waals surface area contributed by atoms with Crippen molar-refractivity contribution in [1.82, 2.24) is 10.6 Å². The zero-order valence-corrected chi connectivity index (χ0v) is 6.16. The number of carboxylic acid groups (broad SMARTS) is 1. The molecule has 4 heteroatoms. The van der Waals surface area contributed by atoms with Crippen LogP contribution in [0.5, 0.6) is 0 Å². The lowest BCUT2D eigenvalue weighted by Crippen LogP contribution is -2.37. The van der Waals surface area contributed by atoms with Gasteiger partial charge >= 0.3 is 5.97 Å². The van der Waals surface area contributed by atoms with Gasteiger partial charge in [0.25, 0.3) is 0 Å². The highest BCUT2D eigenvalue weighted by Crippen LogP contribution is 2.02. The molecule has 0 fully saturated rings. The summed E-state index contributed by atoms with van der Waals surface area (Å²) in [6.45, 7) is 0. The van der Waals surface area contributed by atoms with E-state index in [2.05, 4.69) is 10.6 Å². The number of nitrogens with one attached hydrogen (secondary N) is 2. The number of dihydropyridines is 1. The molecule has 0 aromatic carbocycles. The molecule has 1 atom stereocenters. The molecule has 0 saturated heterocycles. The minimum absolute atomic E-state index is 0.0777. The van der Waals surface area contributed by atoms with Crippen LogP contribution >= 0.6 is 0 Å². The topological polar surface area (TPSA) is 61.4 Å². The van der Waals surface area contributed by atoms with Gasteiger partial charge in [-0.05, 0) is 25.4 Å². The Kier molecular flexibility index (Phi) is 2.28. The lowest BCUT2D eigenvalue weighted by molar-refractivity contribution is -0.132. The monoisotopic (exact) mass is 154 g/mol. The van der Waals surface area contributed by atoms with E-state index in [-0.39, 0.29) is 6.17 Å². The van der Waals surface area contributed by atoms with Crippen LogP contribution in [0.4, 0.5) is 0 Å². The summed E-state index contributed by atoms with van der Waals surface area (Å²) < 4.78 is 0. The van der Waals surface area contributed by atoms with Crippen molar-refractivity contribution in [2.24, 2.45) is 0 Å². The molecule has 0 spiro atoms. The lowest BCUT2D eigenvalue weighted by Gasteiger charge is -2.15. The summed E-state index contributed by atoms with van der Waals surface area (Å²) >= 11 is 0. The van der Waals surface area contributed by atoms with Crippen LogP contribution < -0.4 is 10.6 Å². The molecule has 0 bridgehead atoms. The van der Waals surface area contributed by atoms with Gasteiger partial charge < -0.3 is 10.4 Å². The molecule has 4 nitrogen and oxygen atoms in total. The molecule has 11 heavy (non-hydrogen) atoms. The number of likely N-dealkylation sites (N-methyl/N-ethyl adjacent to an activating group) is 1. The number of aliphatic carboxylic acids is 1. The van der Waals surface area contributed by atoms with Crippen LogP contribution in [0.3, 0.4) is 0 Å². The maximum atomic E-state index is 10.4. The van der Waals surface area contributed by atoms with E-state index in [0.29, 0.717) is 5.57 Å². The molecule has 0 amide bonds. The Labute approximate surface area is 64.6 Å². The molecule has 0 saturated carbocycles. The molecule has 0 aromatic heterocycles. The summed E-state index contributed by atoms with van der Waals surface area (Å²) in [5, 5.41) is 14.4. The highest BCUT2D eigenvalue weighted by Gasteiger charge is 2.10. The Hall–Kier alpha value is -1.29. The van der Waals surface area contributed by atoms with Crippen molar-refractivity contribution < 1.29 is 9.90 Å². The Morgan fingerprint density at radius 2 is 2.55 bits per heavy atom. The van der Waals surface area contributed by atoms with Crippen molar-refractivity contribution in [2.45, 2.75) is 6.17 Å². The van der Waals surface area contributed by atoms with E-state index >= 15 is 0 Å². The van der Waals surface area contributed by atoms with E-state index < -0.39 is 5.97 Å². The third-order valence-corrected chi connectivity index (χ3v) is 1.44. The van der Waals surface area contributed by atoms with Crippen LogP contribution in [0, 0.1) is 0 Å². The van der Waals surface area contributed by atoms with Crippen molar-refractivity contribution in [3.05, 3.63) is 23.9 Å². The average Bonchev–Trinajstić information content (AvgIpc) is 2.05. The van der Waals surface area contributed by atoms with Crippen molar-refractivity contribution in [3.8, 4) is 0 Å². The van der Waals surface area contributed by atoms with Crippen LogP contribution in [0.2, 0.25) is 0 Å². The van der Waals surface area contributed by atoms with Crippen molar-refractivity contribution >= 4 is 5.97 Å². The zero-order chi connectivity index (χ0) is 8.27. The van der Waals surface area contributed by atoms with Gasteiger partial charge in [0.15, 0.2) is 0 Å². The molecule has 1 unspecified atom stereocenters. The SMILES string of the molecule is CNC1C=C(C(=O)O)C=CN1. The maximum Gasteiger partial charge on any atom is 0.335 e. The summed E-state index contributed by atoms with van der Waals surface area (Å²) in [5.74, 6) is -0.900. The number of carboxylic acids is 1. The molecular weight excluding hydrogens is 144 g/mol. The summed E-state index contributed by atoms with van der Waals surface area (Å²) in [4.78, 5) is 10.4. The number of carbonyl (C=O) groups is 1. The normalized spacial score (nSPS) is 22.3. The molecule has 1 rings (SSSR count). The number of rotatable bonds is 2. The van der Waals surface area contributed by atoms with Crippen LogP contribution in [0.1, 0.15) is 0 Å². The molecule has 1 aliphatic heterocycles. The Morgan fingerprint density at radius 3 is 3.09 bits per heavy atom. The van der Waals surface area contributed by atoms with Gasteiger partial charge in [0, 0.05) is 0 Å². The summed E-state index contributed by atoms with van der Waals surface area (Å²) in [5.41, 5.74) is 0.308. The first-order valence-electron chi connectivity index (χ1n) is 3.29. The molecule has 0 aromatic rings. The molecule has 3 N–H and O–H groups in total. The second kappa shape index (κ2) is 3.21. The van der Waals surface area contributed by atoms with Crippen LogP contribution in [-0.2, 0) is 4.79 Å². The number of hydrogen-bond donors (Lipinski definition) is 3. The highest BCUT2D eigenvalue weighted by molar-refractivity contribution is 5.90. The van der Waals surface area contributed by atoms with Gasteiger partial charge in [0.1, 0.15) is 0 Å².